The maximum atomic E-state index is 15.0. The molecule has 5 heterocycles. The Bertz CT molecular complexity index is 2690. The van der Waals surface area contributed by atoms with Gasteiger partial charge in [-0.15, -0.1) is 0 Å². The van der Waals surface area contributed by atoms with Crippen LogP contribution in [-0.4, -0.2) is 157 Å². The lowest BCUT2D eigenvalue weighted by atomic mass is 9.85. The molecule has 6 rings (SSSR count). The van der Waals surface area contributed by atoms with Crippen molar-refractivity contribution in [3.8, 4) is 17.0 Å². The molecule has 1 unspecified atom stereocenters. The monoisotopic (exact) mass is 1100 g/mol. The van der Waals surface area contributed by atoms with Crippen LogP contribution in [0.2, 0.25) is 0 Å². The minimum Gasteiger partial charge on any atom is -0.481 e. The van der Waals surface area contributed by atoms with E-state index in [9.17, 15) is 33.2 Å². The van der Waals surface area contributed by atoms with Gasteiger partial charge in [0, 0.05) is 63.7 Å². The zero-order valence-electron chi connectivity index (χ0n) is 47.1. The number of halogens is 1. The number of pyridine rings is 1. The fourth-order valence-corrected chi connectivity index (χ4v) is 9.95. The van der Waals surface area contributed by atoms with E-state index in [0.29, 0.717) is 52.7 Å². The van der Waals surface area contributed by atoms with E-state index >= 15 is 0 Å². The second kappa shape index (κ2) is 28.6. The predicted octanol–water partition coefficient (Wildman–Crippen LogP) is 4.25. The van der Waals surface area contributed by atoms with Crippen LogP contribution < -0.4 is 42.0 Å². The summed E-state index contributed by atoms with van der Waals surface area (Å²) in [4.78, 5) is 90.5. The van der Waals surface area contributed by atoms with Crippen molar-refractivity contribution in [2.24, 2.45) is 5.41 Å². The van der Waals surface area contributed by atoms with Crippen molar-refractivity contribution in [1.29, 1.82) is 0 Å². The number of aromatic nitrogens is 3. The summed E-state index contributed by atoms with van der Waals surface area (Å²) in [5.41, 5.74) is 9.73. The summed E-state index contributed by atoms with van der Waals surface area (Å²) in [5, 5.41) is 19.6. The van der Waals surface area contributed by atoms with Gasteiger partial charge in [-0.25, -0.2) is 14.1 Å². The summed E-state index contributed by atoms with van der Waals surface area (Å²) in [6, 6.07) is 8.03. The van der Waals surface area contributed by atoms with E-state index in [4.69, 9.17) is 25.0 Å². The minimum atomic E-state index is -0.948. The van der Waals surface area contributed by atoms with Gasteiger partial charge in [0.25, 0.3) is 0 Å². The van der Waals surface area contributed by atoms with Crippen molar-refractivity contribution in [1.82, 2.24) is 51.1 Å². The average molecular weight is 1100 g/mol. The van der Waals surface area contributed by atoms with Gasteiger partial charge in [0.2, 0.25) is 41.3 Å². The molecule has 6 atom stereocenters. The summed E-state index contributed by atoms with van der Waals surface area (Å²) < 4.78 is 33.9. The Morgan fingerprint density at radius 2 is 1.72 bits per heavy atom. The van der Waals surface area contributed by atoms with E-state index in [0.717, 1.165) is 18.4 Å². The first-order valence-corrected chi connectivity index (χ1v) is 27.2. The highest BCUT2D eigenvalue weighted by atomic mass is 19.1. The Labute approximate surface area is 463 Å². The molecule has 2 saturated heterocycles. The number of likely N-dealkylation sites (tertiary alicyclic amines) is 1. The van der Waals surface area contributed by atoms with Gasteiger partial charge in [-0.1, -0.05) is 70.7 Å². The maximum absolute atomic E-state index is 15.0. The molecule has 0 aliphatic carbocycles. The number of hydrogen-bond acceptors (Lipinski definition) is 14. The number of nitrogens with zero attached hydrogens (tertiary/aromatic N) is 6. The molecule has 3 aromatic rings. The largest absolute Gasteiger partial charge is 0.481 e. The van der Waals surface area contributed by atoms with Gasteiger partial charge in [0.15, 0.2) is 0 Å². The highest BCUT2D eigenvalue weighted by Gasteiger charge is 2.46. The fraction of sp³-hybridized carbons (Fsp3) is 0.544. The molecule has 3 aliphatic rings. The third-order valence-corrected chi connectivity index (χ3v) is 14.4. The van der Waals surface area contributed by atoms with E-state index in [1.165, 1.54) is 35.1 Å². The van der Waals surface area contributed by atoms with Gasteiger partial charge in [-0.2, -0.15) is 5.10 Å². The van der Waals surface area contributed by atoms with Crippen LogP contribution in [0.5, 0.6) is 5.88 Å². The molecule has 6 amide bonds. The number of nitrogen functional groups attached to an aromatic ring is 1. The number of hydrogen-bond donors (Lipinski definition) is 6. The molecule has 3 aliphatic heterocycles. The maximum Gasteiger partial charge on any atom is 0.246 e. The summed E-state index contributed by atoms with van der Waals surface area (Å²) in [5.74, 6) is -1.74. The van der Waals surface area contributed by atoms with E-state index < -0.39 is 41.3 Å². The third kappa shape index (κ3) is 16.4. The predicted molar refractivity (Wildman–Crippen MR) is 299 cm³/mol. The number of benzene rings is 1. The molecule has 0 spiro atoms. The van der Waals surface area contributed by atoms with Crippen LogP contribution in [0.1, 0.15) is 96.9 Å². The molecule has 0 radical (unpaired) electrons. The van der Waals surface area contributed by atoms with Crippen LogP contribution in [0.3, 0.4) is 0 Å². The third-order valence-electron chi connectivity index (χ3n) is 14.4. The van der Waals surface area contributed by atoms with Crippen LogP contribution in [0.15, 0.2) is 78.8 Å². The highest BCUT2D eigenvalue weighted by molar-refractivity contribution is 5.94. The lowest BCUT2D eigenvalue weighted by Gasteiger charge is -2.36. The number of methoxy groups -OCH3 is 1. The van der Waals surface area contributed by atoms with Gasteiger partial charge < -0.3 is 61.2 Å². The fourth-order valence-electron chi connectivity index (χ4n) is 9.95. The second-order valence-corrected chi connectivity index (χ2v) is 21.3. The SMILES string of the molecule is C=C1/C=C(F)\C=C/CC(=O)N(C)Cc2nn(CCNC(=O)CCOCCOCCC(=O)N[C@@H]3C[C@H](C(=O)N[C@@H](CC)c4ccccc4)N(C(=O)C(NC(=O)[C@@H](C)NC)C(C)(C)C)C3)c(OC)c2-c2cnc(N)c(c2)N2CCC[C@H]12. The number of nitrogens with one attached hydrogen (secondary N) is 5. The molecular formula is C57H81FN12O9. The normalized spacial score (nSPS) is 20.0. The zero-order valence-corrected chi connectivity index (χ0v) is 47.1. The van der Waals surface area contributed by atoms with E-state index in [1.54, 1.807) is 31.9 Å². The van der Waals surface area contributed by atoms with Crippen molar-refractivity contribution >= 4 is 46.9 Å². The lowest BCUT2D eigenvalue weighted by molar-refractivity contribution is -0.144. The number of nitrogens with two attached hydrogens (primary N) is 1. The van der Waals surface area contributed by atoms with E-state index in [1.807, 2.05) is 64.1 Å². The molecule has 430 valence electrons. The van der Waals surface area contributed by atoms with Crippen molar-refractivity contribution in [2.45, 2.75) is 129 Å². The summed E-state index contributed by atoms with van der Waals surface area (Å²) in [6.07, 6.45) is 8.23. The number of carbonyl (C=O) groups excluding carboxylic acids is 6. The van der Waals surface area contributed by atoms with Gasteiger partial charge in [0.05, 0.1) is 81.7 Å². The van der Waals surface area contributed by atoms with Crippen LogP contribution in [0.25, 0.3) is 11.1 Å². The van der Waals surface area contributed by atoms with Gasteiger partial charge in [-0.05, 0) is 74.4 Å². The topological polar surface area (TPSA) is 257 Å². The summed E-state index contributed by atoms with van der Waals surface area (Å²) in [6.45, 7) is 15.2. The van der Waals surface area contributed by atoms with E-state index in [-0.39, 0.29) is 120 Å². The molecule has 0 saturated carbocycles. The summed E-state index contributed by atoms with van der Waals surface area (Å²) in [7, 11) is 4.82. The first-order chi connectivity index (χ1) is 37.7. The number of rotatable bonds is 22. The van der Waals surface area contributed by atoms with Gasteiger partial charge >= 0.3 is 0 Å². The molecule has 2 aromatic heterocycles. The van der Waals surface area contributed by atoms with Gasteiger partial charge in [0.1, 0.15) is 23.7 Å². The molecule has 2 bridgehead atoms. The number of fused-ring (bicyclic) bond motifs is 6. The van der Waals surface area contributed by atoms with E-state index in [2.05, 4.69) is 43.0 Å². The average Bonchev–Trinajstić information content (AvgIpc) is 4.19. The first-order valence-electron chi connectivity index (χ1n) is 27.2. The molecular weight excluding hydrogens is 1020 g/mol. The number of likely N-dealkylation sites (N-methyl/N-ethyl adjacent to an activating group) is 1. The smallest absolute Gasteiger partial charge is 0.246 e. The van der Waals surface area contributed by atoms with Crippen LogP contribution in [-0.2, 0) is 51.3 Å². The lowest BCUT2D eigenvalue weighted by Crippen LogP contribution is -2.59. The molecule has 1 aromatic carbocycles. The standard InChI is InChI=1S/C57H81FN12O9/c1-10-42(38-16-12-11-13-17-38)64-54(75)46-32-41(34-69(46)55(76)51(57(4,5)6)65-53(74)37(3)60-7)63-48(72)22-27-79-29-28-78-26-21-47(71)61-23-25-70-56(77-9)50-39-31-45(52(59)62-33-39)68-24-15-19-44(68)36(2)30-40(58)18-14-20-49(73)67(8)35-43(50)66-70/h11-14,16-18,30-31,33,37,41-42,44,46,51,60H,2,10,15,19-29,32,34-35H2,1,3-9H3,(H2,59,62)(H,61,71)(H,63,72)(H,64,75)(H,65,74)/b18-14-,40-30+/t37-,41-,42+,44-,46-,51?/m1/s1. The summed E-state index contributed by atoms with van der Waals surface area (Å²) >= 11 is 0. The number of allylic oxidation sites excluding steroid dienone is 2. The Morgan fingerprint density at radius 1 is 1.01 bits per heavy atom. The first kappa shape index (κ1) is 61.0. The second-order valence-electron chi connectivity index (χ2n) is 21.3. The number of carbonyl (C=O) groups is 6. The Morgan fingerprint density at radius 3 is 2.39 bits per heavy atom. The molecule has 21 nitrogen and oxygen atoms in total. The minimum absolute atomic E-state index is 0.0162. The number of amides is 6. The van der Waals surface area contributed by atoms with Crippen LogP contribution >= 0.6 is 0 Å². The quantitative estimate of drug-likeness (QED) is 0.0770. The Balaban J connectivity index is 0.977. The molecule has 7 N–H and O–H groups in total. The molecule has 2 fully saturated rings. The Hall–Kier alpha value is -7.17. The van der Waals surface area contributed by atoms with Crippen molar-refractivity contribution in [3.05, 3.63) is 90.1 Å². The highest BCUT2D eigenvalue weighted by Crippen LogP contribution is 2.40. The molecule has 79 heavy (non-hydrogen) atoms. The van der Waals surface area contributed by atoms with Crippen molar-refractivity contribution in [3.63, 3.8) is 0 Å². The number of ether oxygens (including phenoxy) is 3. The van der Waals surface area contributed by atoms with Crippen molar-refractivity contribution in [2.75, 3.05) is 77.9 Å². The van der Waals surface area contributed by atoms with Gasteiger partial charge in [-0.3, -0.25) is 28.8 Å². The number of anilines is 2. The Kier molecular flexibility index (Phi) is 22.1. The van der Waals surface area contributed by atoms with Crippen LogP contribution in [0.4, 0.5) is 15.9 Å². The zero-order chi connectivity index (χ0) is 57.4. The molecule has 22 heteroatoms. The van der Waals surface area contributed by atoms with Crippen LogP contribution in [0, 0.1) is 5.41 Å². The van der Waals surface area contributed by atoms with Crippen molar-refractivity contribution < 1.29 is 47.4 Å².